The first-order chi connectivity index (χ1) is 16.2. The summed E-state index contributed by atoms with van der Waals surface area (Å²) in [5.41, 5.74) is 3.58. The Bertz CT molecular complexity index is 1100. The van der Waals surface area contributed by atoms with E-state index in [0.717, 1.165) is 16.7 Å². The molecule has 0 saturated heterocycles. The number of hydrogen-bond donors (Lipinski definition) is 2. The number of aliphatic hydroxyl groups excluding tert-OH is 1. The minimum absolute atomic E-state index is 0.0448. The Labute approximate surface area is 193 Å². The van der Waals surface area contributed by atoms with Crippen molar-refractivity contribution in [2.75, 3.05) is 0 Å². The third-order valence-corrected chi connectivity index (χ3v) is 4.98. The number of ether oxygens (including phenoxy) is 3. The lowest BCUT2D eigenvalue weighted by molar-refractivity contribution is 0.274. The largest absolute Gasteiger partial charge is 0.508 e. The van der Waals surface area contributed by atoms with Crippen molar-refractivity contribution in [3.8, 4) is 23.0 Å². The second-order valence-corrected chi connectivity index (χ2v) is 7.64. The van der Waals surface area contributed by atoms with Gasteiger partial charge in [-0.25, -0.2) is 0 Å². The van der Waals surface area contributed by atoms with E-state index in [2.05, 4.69) is 0 Å². The average molecular weight is 443 g/mol. The maximum atomic E-state index is 9.84. The fraction of sp³-hybridized carbons (Fsp3) is 0.143. The molecule has 0 saturated carbocycles. The molecule has 5 heteroatoms. The zero-order valence-corrected chi connectivity index (χ0v) is 18.2. The van der Waals surface area contributed by atoms with Crippen LogP contribution >= 0.6 is 0 Å². The third-order valence-electron chi connectivity index (χ3n) is 4.98. The summed E-state index contributed by atoms with van der Waals surface area (Å²) in [5, 5.41) is 19.2. The summed E-state index contributed by atoms with van der Waals surface area (Å²) in [6.45, 7) is 0.953. The van der Waals surface area contributed by atoms with Crippen LogP contribution < -0.4 is 14.2 Å². The zero-order valence-electron chi connectivity index (χ0n) is 18.2. The van der Waals surface area contributed by atoms with Crippen molar-refractivity contribution in [2.45, 2.75) is 26.4 Å². The van der Waals surface area contributed by atoms with Crippen LogP contribution in [0.5, 0.6) is 23.0 Å². The standard InChI is InChI=1S/C28H26O5/c29-17-23-11-25(30)15-26(12-23)33-20-24-13-27(31-18-21-7-3-1-4-8-21)16-28(14-24)32-19-22-9-5-2-6-10-22/h1-16,29-30H,17-20H2. The Balaban J connectivity index is 1.50. The molecule has 0 spiro atoms. The summed E-state index contributed by atoms with van der Waals surface area (Å²) in [6.07, 6.45) is 0. The van der Waals surface area contributed by atoms with Crippen molar-refractivity contribution in [3.05, 3.63) is 119 Å². The Morgan fingerprint density at radius 3 is 1.45 bits per heavy atom. The third kappa shape index (κ3) is 6.76. The van der Waals surface area contributed by atoms with E-state index >= 15 is 0 Å². The van der Waals surface area contributed by atoms with Crippen LogP contribution in [0.3, 0.4) is 0 Å². The van der Waals surface area contributed by atoms with Gasteiger partial charge in [0.25, 0.3) is 0 Å². The molecule has 0 heterocycles. The molecular formula is C28H26O5. The van der Waals surface area contributed by atoms with Crippen molar-refractivity contribution >= 4 is 0 Å². The Morgan fingerprint density at radius 1 is 0.485 bits per heavy atom. The van der Waals surface area contributed by atoms with Gasteiger partial charge in [-0.15, -0.1) is 0 Å². The molecule has 5 nitrogen and oxygen atoms in total. The van der Waals surface area contributed by atoms with Gasteiger partial charge in [-0.2, -0.15) is 0 Å². The maximum Gasteiger partial charge on any atom is 0.123 e. The number of phenolic OH excluding ortho intramolecular Hbond substituents is 1. The highest BCUT2D eigenvalue weighted by molar-refractivity contribution is 5.40. The number of aliphatic hydroxyl groups is 1. The van der Waals surface area contributed by atoms with Gasteiger partial charge in [0.2, 0.25) is 0 Å². The minimum Gasteiger partial charge on any atom is -0.508 e. The van der Waals surface area contributed by atoms with E-state index in [9.17, 15) is 10.2 Å². The topological polar surface area (TPSA) is 68.2 Å². The Hall–Kier alpha value is -3.96. The predicted octanol–water partition coefficient (Wildman–Crippen LogP) is 5.62. The van der Waals surface area contributed by atoms with Crippen LogP contribution in [-0.2, 0) is 26.4 Å². The molecule has 0 fully saturated rings. The molecule has 0 amide bonds. The van der Waals surface area contributed by atoms with Gasteiger partial charge >= 0.3 is 0 Å². The molecule has 0 aliphatic carbocycles. The molecule has 0 unspecified atom stereocenters. The predicted molar refractivity (Wildman–Crippen MR) is 126 cm³/mol. The van der Waals surface area contributed by atoms with E-state index in [1.165, 1.54) is 12.1 Å². The summed E-state index contributed by atoms with van der Waals surface area (Å²) in [6, 6.07) is 30.3. The highest BCUT2D eigenvalue weighted by atomic mass is 16.5. The molecule has 0 bridgehead atoms. The van der Waals surface area contributed by atoms with Gasteiger partial charge in [0, 0.05) is 12.1 Å². The van der Waals surface area contributed by atoms with Gasteiger partial charge in [-0.3, -0.25) is 0 Å². The molecule has 168 valence electrons. The van der Waals surface area contributed by atoms with Gasteiger partial charge in [-0.1, -0.05) is 60.7 Å². The van der Waals surface area contributed by atoms with Crippen molar-refractivity contribution < 1.29 is 24.4 Å². The molecular weight excluding hydrogens is 416 g/mol. The molecule has 4 aromatic rings. The van der Waals surface area contributed by atoms with E-state index in [0.29, 0.717) is 36.0 Å². The Kier molecular flexibility index (Phi) is 7.46. The maximum absolute atomic E-state index is 9.84. The molecule has 0 radical (unpaired) electrons. The normalized spacial score (nSPS) is 10.6. The molecule has 0 aliphatic rings. The second-order valence-electron chi connectivity index (χ2n) is 7.64. The van der Waals surface area contributed by atoms with E-state index < -0.39 is 0 Å². The van der Waals surface area contributed by atoms with Gasteiger partial charge < -0.3 is 24.4 Å². The van der Waals surface area contributed by atoms with Crippen LogP contribution in [0, 0.1) is 0 Å². The molecule has 0 aliphatic heterocycles. The number of phenols is 1. The SMILES string of the molecule is OCc1cc(O)cc(OCc2cc(OCc3ccccc3)cc(OCc3ccccc3)c2)c1. The summed E-state index contributed by atoms with van der Waals surface area (Å²) in [5.74, 6) is 1.87. The van der Waals surface area contributed by atoms with Crippen LogP contribution in [0.15, 0.2) is 97.1 Å². The molecule has 4 rings (SSSR count). The zero-order chi connectivity index (χ0) is 22.9. The van der Waals surface area contributed by atoms with E-state index in [1.807, 2.05) is 78.9 Å². The lowest BCUT2D eigenvalue weighted by Crippen LogP contribution is -2.01. The lowest BCUT2D eigenvalue weighted by Gasteiger charge is -2.14. The summed E-state index contributed by atoms with van der Waals surface area (Å²) in [4.78, 5) is 0. The minimum atomic E-state index is -0.176. The summed E-state index contributed by atoms with van der Waals surface area (Å²) < 4.78 is 17.9. The van der Waals surface area contributed by atoms with E-state index in [4.69, 9.17) is 14.2 Å². The highest BCUT2D eigenvalue weighted by Gasteiger charge is 2.07. The van der Waals surface area contributed by atoms with Crippen molar-refractivity contribution in [1.29, 1.82) is 0 Å². The summed E-state index contributed by atoms with van der Waals surface area (Å²) >= 11 is 0. The first-order valence-electron chi connectivity index (χ1n) is 10.7. The highest BCUT2D eigenvalue weighted by Crippen LogP contribution is 2.27. The number of aromatic hydroxyl groups is 1. The smallest absolute Gasteiger partial charge is 0.123 e. The van der Waals surface area contributed by atoms with Crippen LogP contribution in [0.2, 0.25) is 0 Å². The van der Waals surface area contributed by atoms with Crippen molar-refractivity contribution in [2.24, 2.45) is 0 Å². The van der Waals surface area contributed by atoms with Crippen LogP contribution in [-0.4, -0.2) is 10.2 Å². The van der Waals surface area contributed by atoms with Gasteiger partial charge in [0.1, 0.15) is 42.8 Å². The van der Waals surface area contributed by atoms with Gasteiger partial charge in [-0.05, 0) is 46.5 Å². The number of benzene rings is 4. The van der Waals surface area contributed by atoms with Crippen LogP contribution in [0.25, 0.3) is 0 Å². The van der Waals surface area contributed by atoms with Gasteiger partial charge in [0.15, 0.2) is 0 Å². The Morgan fingerprint density at radius 2 is 0.939 bits per heavy atom. The first-order valence-corrected chi connectivity index (χ1v) is 10.7. The first kappa shape index (κ1) is 22.2. The monoisotopic (exact) mass is 442 g/mol. The fourth-order valence-electron chi connectivity index (χ4n) is 3.35. The van der Waals surface area contributed by atoms with E-state index in [1.54, 1.807) is 6.07 Å². The summed E-state index contributed by atoms with van der Waals surface area (Å²) in [7, 11) is 0. The van der Waals surface area contributed by atoms with Gasteiger partial charge in [0.05, 0.1) is 6.61 Å². The van der Waals surface area contributed by atoms with Crippen LogP contribution in [0.1, 0.15) is 22.3 Å². The molecule has 0 atom stereocenters. The second kappa shape index (κ2) is 11.1. The quantitative estimate of drug-likeness (QED) is 0.334. The number of hydrogen-bond acceptors (Lipinski definition) is 5. The average Bonchev–Trinajstić information content (AvgIpc) is 2.86. The van der Waals surface area contributed by atoms with Crippen molar-refractivity contribution in [3.63, 3.8) is 0 Å². The molecule has 2 N–H and O–H groups in total. The molecule has 4 aromatic carbocycles. The fourth-order valence-corrected chi connectivity index (χ4v) is 3.35. The van der Waals surface area contributed by atoms with Crippen molar-refractivity contribution in [1.82, 2.24) is 0 Å². The molecule has 0 aromatic heterocycles. The number of rotatable bonds is 10. The van der Waals surface area contributed by atoms with Crippen LogP contribution in [0.4, 0.5) is 0 Å². The molecule has 33 heavy (non-hydrogen) atoms. The lowest BCUT2D eigenvalue weighted by atomic mass is 10.2. The van der Waals surface area contributed by atoms with E-state index in [-0.39, 0.29) is 19.0 Å².